The molecule has 0 aliphatic carbocycles. The molecule has 0 bridgehead atoms. The zero-order chi connectivity index (χ0) is 23.8. The second kappa shape index (κ2) is 9.65. The van der Waals surface area contributed by atoms with Gasteiger partial charge in [0.25, 0.3) is 5.56 Å². The number of ether oxygens (including phenoxy) is 1. The number of aryl methyl sites for hydroxylation is 1. The number of pyridine rings is 2. The fourth-order valence-electron chi connectivity index (χ4n) is 5.51. The summed E-state index contributed by atoms with van der Waals surface area (Å²) in [6.45, 7) is 3.06. The van der Waals surface area contributed by atoms with Crippen LogP contribution in [0.3, 0.4) is 0 Å². The first-order valence-electron chi connectivity index (χ1n) is 11.8. The highest BCUT2D eigenvalue weighted by Crippen LogP contribution is 2.45. The van der Waals surface area contributed by atoms with E-state index in [0.717, 1.165) is 41.9 Å². The van der Waals surface area contributed by atoms with Crippen molar-refractivity contribution in [2.75, 3.05) is 26.4 Å². The topological polar surface area (TPSA) is 84.7 Å². The molecule has 0 saturated heterocycles. The van der Waals surface area contributed by atoms with Crippen molar-refractivity contribution in [3.05, 3.63) is 56.4 Å². The molecule has 0 saturated carbocycles. The van der Waals surface area contributed by atoms with Crippen LogP contribution in [0.1, 0.15) is 41.2 Å². The molecule has 1 atom stereocenters. The molecule has 3 aliphatic rings. The van der Waals surface area contributed by atoms with Crippen molar-refractivity contribution in [1.82, 2.24) is 14.5 Å². The monoisotopic (exact) mass is 549 g/mol. The fourth-order valence-corrected chi connectivity index (χ4v) is 6.75. The van der Waals surface area contributed by atoms with Gasteiger partial charge in [0.05, 0.1) is 29.0 Å². The van der Waals surface area contributed by atoms with Crippen molar-refractivity contribution < 1.29 is 14.6 Å². The molecule has 1 unspecified atom stereocenters. The highest BCUT2D eigenvalue weighted by atomic mass is 35.5. The number of benzene rings is 1. The first-order chi connectivity index (χ1) is 16.3. The largest absolute Gasteiger partial charge is 0.458 e. The summed E-state index contributed by atoms with van der Waals surface area (Å²) >= 11 is 1.90. The van der Waals surface area contributed by atoms with Gasteiger partial charge in [-0.2, -0.15) is 0 Å². The number of halogens is 2. The van der Waals surface area contributed by atoms with Crippen LogP contribution in [-0.4, -0.2) is 51.9 Å². The molecule has 7 nitrogen and oxygen atoms in total. The molecule has 10 heteroatoms. The maximum Gasteiger partial charge on any atom is 0.343 e. The minimum Gasteiger partial charge on any atom is -0.458 e. The number of aliphatic hydroxyl groups is 1. The molecule has 1 N–H and O–H groups in total. The summed E-state index contributed by atoms with van der Waals surface area (Å²) in [7, 11) is 4.18. The lowest BCUT2D eigenvalue weighted by molar-refractivity contribution is -0.172. The van der Waals surface area contributed by atoms with E-state index < -0.39 is 11.6 Å². The van der Waals surface area contributed by atoms with E-state index in [1.165, 1.54) is 21.4 Å². The molecule has 5 heterocycles. The van der Waals surface area contributed by atoms with Crippen molar-refractivity contribution in [2.24, 2.45) is 0 Å². The lowest BCUT2D eigenvalue weighted by Crippen LogP contribution is -2.44. The molecule has 3 aliphatic heterocycles. The Labute approximate surface area is 226 Å². The molecule has 0 spiro atoms. The van der Waals surface area contributed by atoms with E-state index in [1.807, 2.05) is 11.8 Å². The van der Waals surface area contributed by atoms with Gasteiger partial charge in [-0.1, -0.05) is 13.0 Å². The average Bonchev–Trinajstić information content (AvgIpc) is 3.20. The van der Waals surface area contributed by atoms with Crippen LogP contribution in [0, 0.1) is 0 Å². The Bertz CT molecular complexity index is 1460. The van der Waals surface area contributed by atoms with Crippen molar-refractivity contribution in [1.29, 1.82) is 0 Å². The van der Waals surface area contributed by atoms with Gasteiger partial charge in [0, 0.05) is 33.7 Å². The molecule has 0 fully saturated rings. The van der Waals surface area contributed by atoms with Crippen LogP contribution in [-0.2, 0) is 41.1 Å². The smallest absolute Gasteiger partial charge is 0.343 e. The van der Waals surface area contributed by atoms with Crippen LogP contribution in [0.25, 0.3) is 22.3 Å². The normalized spacial score (nSPS) is 19.2. The Kier molecular flexibility index (Phi) is 7.22. The quantitative estimate of drug-likeness (QED) is 0.388. The number of rotatable bonds is 4. The summed E-state index contributed by atoms with van der Waals surface area (Å²) in [5.74, 6) is 0.301. The molecule has 1 aromatic carbocycles. The minimum absolute atomic E-state index is 0. The third-order valence-electron chi connectivity index (χ3n) is 7.43. The second-order valence-electron chi connectivity index (χ2n) is 9.62. The number of esters is 1. The molecule has 192 valence electrons. The number of cyclic esters (lactones) is 1. The summed E-state index contributed by atoms with van der Waals surface area (Å²) in [6, 6.07) is 6.07. The number of hydrogen-bond acceptors (Lipinski definition) is 7. The number of likely N-dealkylation sites (N-methyl/N-ethyl adjacent to an activating group) is 1. The van der Waals surface area contributed by atoms with E-state index >= 15 is 0 Å². The van der Waals surface area contributed by atoms with Gasteiger partial charge in [0.2, 0.25) is 0 Å². The summed E-state index contributed by atoms with van der Waals surface area (Å²) < 4.78 is 6.92. The number of carbonyl (C=O) groups excluding carboxylic acids is 1. The molecular weight excluding hydrogens is 521 g/mol. The van der Waals surface area contributed by atoms with Gasteiger partial charge in [-0.3, -0.25) is 4.79 Å². The third-order valence-corrected chi connectivity index (χ3v) is 8.59. The maximum absolute atomic E-state index is 13.5. The predicted molar refractivity (Wildman–Crippen MR) is 146 cm³/mol. The standard InChI is InChI=1S/C26H27N3O4S.2ClH/c1-4-26(32)18-11-20-22-16(12-29(20)24(30)17(18)13-33-25(26)31)15-8-10-34-23-14(7-9-28(2)3)5-6-19(27-22)21(15)23;;/h5-6,11,32H,4,7-10,12-13H2,1-3H3;2*1H. The predicted octanol–water partition coefficient (Wildman–Crippen LogP) is 3.68. The van der Waals surface area contributed by atoms with E-state index in [2.05, 4.69) is 31.1 Å². The molecule has 36 heavy (non-hydrogen) atoms. The van der Waals surface area contributed by atoms with Crippen molar-refractivity contribution >= 4 is 53.4 Å². The van der Waals surface area contributed by atoms with E-state index in [9.17, 15) is 14.7 Å². The summed E-state index contributed by atoms with van der Waals surface area (Å²) in [5.41, 5.74) is 4.83. The number of fused-ring (bicyclic) bond motifs is 5. The van der Waals surface area contributed by atoms with Crippen molar-refractivity contribution in [3.8, 4) is 11.4 Å². The van der Waals surface area contributed by atoms with Gasteiger partial charge >= 0.3 is 5.97 Å². The van der Waals surface area contributed by atoms with Gasteiger partial charge in [-0.25, -0.2) is 9.78 Å². The maximum atomic E-state index is 13.5. The summed E-state index contributed by atoms with van der Waals surface area (Å²) in [4.78, 5) is 34.5. The summed E-state index contributed by atoms with van der Waals surface area (Å²) in [5, 5.41) is 12.3. The zero-order valence-electron chi connectivity index (χ0n) is 20.4. The molecule has 0 radical (unpaired) electrons. The van der Waals surface area contributed by atoms with Crippen LogP contribution in [0.2, 0.25) is 0 Å². The number of nitrogens with zero attached hydrogens (tertiary/aromatic N) is 3. The Balaban J connectivity index is 0.00000152. The van der Waals surface area contributed by atoms with E-state index in [-0.39, 0.29) is 43.4 Å². The summed E-state index contributed by atoms with van der Waals surface area (Å²) in [6.07, 6.45) is 2.05. The minimum atomic E-state index is -1.80. The molecule has 2 aromatic heterocycles. The molecule has 3 aromatic rings. The van der Waals surface area contributed by atoms with Gasteiger partial charge in [0.1, 0.15) is 6.61 Å². The highest BCUT2D eigenvalue weighted by molar-refractivity contribution is 7.99. The first kappa shape index (κ1) is 26.9. The van der Waals surface area contributed by atoms with Crippen LogP contribution in [0.5, 0.6) is 0 Å². The van der Waals surface area contributed by atoms with Crippen LogP contribution < -0.4 is 5.56 Å². The van der Waals surface area contributed by atoms with Crippen molar-refractivity contribution in [2.45, 2.75) is 49.8 Å². The number of thioether (sulfide) groups is 1. The molecule has 0 amide bonds. The Morgan fingerprint density at radius 2 is 1.97 bits per heavy atom. The van der Waals surface area contributed by atoms with Crippen molar-refractivity contribution in [3.63, 3.8) is 0 Å². The van der Waals surface area contributed by atoms with Gasteiger partial charge < -0.3 is 19.3 Å². The number of carbonyl (C=O) groups is 1. The lowest BCUT2D eigenvalue weighted by atomic mass is 9.86. The van der Waals surface area contributed by atoms with Crippen LogP contribution >= 0.6 is 36.6 Å². The number of hydrogen-bond donors (Lipinski definition) is 1. The van der Waals surface area contributed by atoms with Gasteiger partial charge in [0.15, 0.2) is 5.60 Å². The van der Waals surface area contributed by atoms with E-state index in [1.54, 1.807) is 17.6 Å². The highest BCUT2D eigenvalue weighted by Gasteiger charge is 2.45. The van der Waals surface area contributed by atoms with Gasteiger partial charge in [-0.15, -0.1) is 36.6 Å². The number of aromatic nitrogens is 2. The van der Waals surface area contributed by atoms with E-state index in [4.69, 9.17) is 9.72 Å². The Hall–Kier alpha value is -2.10. The van der Waals surface area contributed by atoms with Crippen LogP contribution in [0.4, 0.5) is 0 Å². The van der Waals surface area contributed by atoms with E-state index in [0.29, 0.717) is 23.4 Å². The van der Waals surface area contributed by atoms with Gasteiger partial charge in [-0.05, 0) is 56.6 Å². The zero-order valence-corrected chi connectivity index (χ0v) is 22.9. The SMILES string of the molecule is CCC1(O)C(=O)OCc2c1cc1n(c2=O)Cc2c-1nc1ccc(CCN(C)C)c3c1c2CCS3.Cl.Cl. The fraction of sp³-hybridized carbons (Fsp3) is 0.423. The third kappa shape index (κ3) is 3.77. The second-order valence-corrected chi connectivity index (χ2v) is 10.7. The molecule has 6 rings (SSSR count). The average molecular weight is 551 g/mol. The van der Waals surface area contributed by atoms with Crippen LogP contribution in [0.15, 0.2) is 27.9 Å². The lowest BCUT2D eigenvalue weighted by Gasteiger charge is -2.31. The Morgan fingerprint density at radius 1 is 1.19 bits per heavy atom. The first-order valence-corrected chi connectivity index (χ1v) is 12.7. The Morgan fingerprint density at radius 3 is 2.69 bits per heavy atom. The molecular formula is C26H29Cl2N3O4S.